The average Bonchev–Trinajstić information content (AvgIpc) is 3.53. The van der Waals surface area contributed by atoms with Gasteiger partial charge in [0, 0.05) is 26.2 Å². The van der Waals surface area contributed by atoms with E-state index in [0.29, 0.717) is 6.54 Å². The van der Waals surface area contributed by atoms with Crippen molar-refractivity contribution < 1.29 is 9.90 Å². The molecule has 4 nitrogen and oxygen atoms in total. The summed E-state index contributed by atoms with van der Waals surface area (Å²) in [5, 5.41) is 14.2. The molecule has 0 radical (unpaired) electrons. The number of amides is 1. The first-order valence-electron chi connectivity index (χ1n) is 10.4. The number of piperidine rings is 1. The van der Waals surface area contributed by atoms with Crippen molar-refractivity contribution in [1.82, 2.24) is 10.2 Å². The topological polar surface area (TPSA) is 52.6 Å². The van der Waals surface area contributed by atoms with Crippen LogP contribution in [-0.2, 0) is 15.8 Å². The predicted octanol–water partition coefficient (Wildman–Crippen LogP) is 3.13. The molecule has 2 aromatic carbocycles. The maximum Gasteiger partial charge on any atom is 0.230 e. The molecule has 1 heterocycles. The highest BCUT2D eigenvalue weighted by molar-refractivity contribution is 5.91. The number of carbonyl (C=O) groups excluding carboxylic acids is 1. The summed E-state index contributed by atoms with van der Waals surface area (Å²) >= 11 is 0. The Morgan fingerprint density at radius 1 is 0.964 bits per heavy atom. The summed E-state index contributed by atoms with van der Waals surface area (Å²) in [7, 11) is 0. The minimum absolute atomic E-state index is 0.159. The first kappa shape index (κ1) is 19.2. The molecule has 0 bridgehead atoms. The number of nitrogens with zero attached hydrogens (tertiary/aromatic N) is 1. The van der Waals surface area contributed by atoms with Gasteiger partial charge in [-0.05, 0) is 43.7 Å². The second-order valence-electron chi connectivity index (χ2n) is 8.44. The fourth-order valence-corrected chi connectivity index (χ4v) is 4.32. The van der Waals surface area contributed by atoms with Crippen molar-refractivity contribution in [3.8, 4) is 0 Å². The zero-order valence-corrected chi connectivity index (χ0v) is 16.7. The SMILES string of the molecule is Cc1ccc(C2(O)CCN(CCNC(=O)C3(c4ccccc4)CC3)CC2)cc1. The molecule has 0 aromatic heterocycles. The Morgan fingerprint density at radius 3 is 2.21 bits per heavy atom. The molecule has 0 unspecified atom stereocenters. The molecule has 0 atom stereocenters. The third-order valence-corrected chi connectivity index (χ3v) is 6.50. The van der Waals surface area contributed by atoms with Crippen LogP contribution in [0.5, 0.6) is 0 Å². The van der Waals surface area contributed by atoms with Crippen LogP contribution in [0.1, 0.15) is 42.4 Å². The minimum atomic E-state index is -0.723. The number of carbonyl (C=O) groups is 1. The Bertz CT molecular complexity index is 804. The van der Waals surface area contributed by atoms with E-state index in [9.17, 15) is 9.90 Å². The molecule has 1 saturated carbocycles. The monoisotopic (exact) mass is 378 g/mol. The molecular formula is C24H30N2O2. The van der Waals surface area contributed by atoms with E-state index in [-0.39, 0.29) is 11.3 Å². The standard InChI is InChI=1S/C24H30N2O2/c1-19-7-9-21(10-8-19)24(28)13-16-26(17-14-24)18-15-25-22(27)23(11-12-23)20-5-3-2-4-6-20/h2-10,28H,11-18H2,1H3,(H,25,27). The van der Waals surface area contributed by atoms with Crippen LogP contribution < -0.4 is 5.32 Å². The molecule has 2 aliphatic rings. The van der Waals surface area contributed by atoms with Crippen LogP contribution in [0.25, 0.3) is 0 Å². The van der Waals surface area contributed by atoms with Gasteiger partial charge < -0.3 is 15.3 Å². The Balaban J connectivity index is 1.25. The molecule has 2 aromatic rings. The quantitative estimate of drug-likeness (QED) is 0.812. The maximum atomic E-state index is 12.7. The Hall–Kier alpha value is -2.17. The molecule has 4 heteroatoms. The summed E-state index contributed by atoms with van der Waals surface area (Å²) in [5.74, 6) is 0.159. The number of aliphatic hydroxyl groups is 1. The van der Waals surface area contributed by atoms with Crippen LogP contribution in [0.4, 0.5) is 0 Å². The van der Waals surface area contributed by atoms with Crippen LogP contribution >= 0.6 is 0 Å². The first-order chi connectivity index (χ1) is 13.5. The molecule has 1 aliphatic carbocycles. The molecule has 0 spiro atoms. The molecular weight excluding hydrogens is 348 g/mol. The van der Waals surface area contributed by atoms with Crippen molar-refractivity contribution in [3.63, 3.8) is 0 Å². The highest BCUT2D eigenvalue weighted by Gasteiger charge is 2.50. The Morgan fingerprint density at radius 2 is 1.61 bits per heavy atom. The number of rotatable bonds is 6. The molecule has 2 N–H and O–H groups in total. The lowest BCUT2D eigenvalue weighted by Gasteiger charge is -2.38. The van der Waals surface area contributed by atoms with Gasteiger partial charge in [0.1, 0.15) is 0 Å². The zero-order valence-electron chi connectivity index (χ0n) is 16.7. The average molecular weight is 379 g/mol. The molecule has 2 fully saturated rings. The van der Waals surface area contributed by atoms with Crippen molar-refractivity contribution in [2.24, 2.45) is 0 Å². The highest BCUT2D eigenvalue weighted by atomic mass is 16.3. The zero-order chi connectivity index (χ0) is 19.6. The predicted molar refractivity (Wildman–Crippen MR) is 111 cm³/mol. The molecule has 4 rings (SSSR count). The van der Waals surface area contributed by atoms with E-state index in [1.54, 1.807) is 0 Å². The molecule has 1 aliphatic heterocycles. The largest absolute Gasteiger partial charge is 0.385 e. The van der Waals surface area contributed by atoms with E-state index in [4.69, 9.17) is 0 Å². The van der Waals surface area contributed by atoms with E-state index in [0.717, 1.165) is 56.4 Å². The van der Waals surface area contributed by atoms with E-state index < -0.39 is 5.60 Å². The van der Waals surface area contributed by atoms with Crippen LogP contribution in [0.2, 0.25) is 0 Å². The van der Waals surface area contributed by atoms with Crippen LogP contribution in [0, 0.1) is 6.92 Å². The second kappa shape index (κ2) is 7.69. The lowest BCUT2D eigenvalue weighted by molar-refractivity contribution is -0.123. The number of aryl methyl sites for hydroxylation is 1. The van der Waals surface area contributed by atoms with Gasteiger partial charge in [-0.1, -0.05) is 60.2 Å². The van der Waals surface area contributed by atoms with E-state index in [1.165, 1.54) is 5.56 Å². The van der Waals surface area contributed by atoms with Crippen molar-refractivity contribution in [3.05, 3.63) is 71.3 Å². The van der Waals surface area contributed by atoms with Gasteiger partial charge in [-0.15, -0.1) is 0 Å². The van der Waals surface area contributed by atoms with E-state index >= 15 is 0 Å². The summed E-state index contributed by atoms with van der Waals surface area (Å²) in [6.07, 6.45) is 3.35. The number of likely N-dealkylation sites (tertiary alicyclic amines) is 1. The van der Waals surface area contributed by atoms with Crippen LogP contribution in [0.3, 0.4) is 0 Å². The molecule has 28 heavy (non-hydrogen) atoms. The molecule has 1 saturated heterocycles. The van der Waals surface area contributed by atoms with Crippen molar-refractivity contribution in [2.45, 2.75) is 43.6 Å². The van der Waals surface area contributed by atoms with Gasteiger partial charge in [0.05, 0.1) is 11.0 Å². The van der Waals surface area contributed by atoms with E-state index in [2.05, 4.69) is 41.4 Å². The van der Waals surface area contributed by atoms with Gasteiger partial charge in [0.25, 0.3) is 0 Å². The maximum absolute atomic E-state index is 12.7. The van der Waals surface area contributed by atoms with Gasteiger partial charge in [0.2, 0.25) is 5.91 Å². The number of nitrogens with one attached hydrogen (secondary N) is 1. The highest BCUT2D eigenvalue weighted by Crippen LogP contribution is 2.48. The fraction of sp³-hybridized carbons (Fsp3) is 0.458. The van der Waals surface area contributed by atoms with Gasteiger partial charge in [-0.25, -0.2) is 0 Å². The summed E-state index contributed by atoms with van der Waals surface area (Å²) < 4.78 is 0. The third kappa shape index (κ3) is 3.85. The lowest BCUT2D eigenvalue weighted by atomic mass is 9.84. The number of hydrogen-bond donors (Lipinski definition) is 2. The van der Waals surface area contributed by atoms with Gasteiger partial charge >= 0.3 is 0 Å². The Kier molecular flexibility index (Phi) is 5.26. The smallest absolute Gasteiger partial charge is 0.230 e. The van der Waals surface area contributed by atoms with Crippen molar-refractivity contribution in [1.29, 1.82) is 0 Å². The molecule has 148 valence electrons. The third-order valence-electron chi connectivity index (χ3n) is 6.50. The van der Waals surface area contributed by atoms with E-state index in [1.807, 2.05) is 30.3 Å². The first-order valence-corrected chi connectivity index (χ1v) is 10.4. The normalized spacial score (nSPS) is 20.5. The summed E-state index contributed by atoms with van der Waals surface area (Å²) in [5.41, 5.74) is 2.34. The number of benzene rings is 2. The molecule has 1 amide bonds. The Labute approximate surface area is 167 Å². The summed E-state index contributed by atoms with van der Waals surface area (Å²) in [6.45, 7) is 5.26. The van der Waals surface area contributed by atoms with Crippen molar-refractivity contribution >= 4 is 5.91 Å². The van der Waals surface area contributed by atoms with Gasteiger partial charge in [-0.2, -0.15) is 0 Å². The second-order valence-corrected chi connectivity index (χ2v) is 8.44. The lowest BCUT2D eigenvalue weighted by Crippen LogP contribution is -2.46. The fourth-order valence-electron chi connectivity index (χ4n) is 4.32. The van der Waals surface area contributed by atoms with Crippen molar-refractivity contribution in [2.75, 3.05) is 26.2 Å². The van der Waals surface area contributed by atoms with Crippen LogP contribution in [0.15, 0.2) is 54.6 Å². The number of hydrogen-bond acceptors (Lipinski definition) is 3. The van der Waals surface area contributed by atoms with Gasteiger partial charge in [0.15, 0.2) is 0 Å². The van der Waals surface area contributed by atoms with Gasteiger partial charge in [-0.3, -0.25) is 4.79 Å². The summed E-state index contributed by atoms with van der Waals surface area (Å²) in [4.78, 5) is 15.1. The summed E-state index contributed by atoms with van der Waals surface area (Å²) in [6, 6.07) is 18.3. The minimum Gasteiger partial charge on any atom is -0.385 e. The van der Waals surface area contributed by atoms with Crippen LogP contribution in [-0.4, -0.2) is 42.1 Å².